The molecule has 2 heterocycles. The van der Waals surface area contributed by atoms with Gasteiger partial charge < -0.3 is 5.73 Å². The second-order valence-corrected chi connectivity index (χ2v) is 7.55. The number of aromatic nitrogens is 1. The van der Waals surface area contributed by atoms with Crippen LogP contribution in [0.5, 0.6) is 0 Å². The van der Waals surface area contributed by atoms with E-state index in [2.05, 4.69) is 24.3 Å². The zero-order valence-corrected chi connectivity index (χ0v) is 14.8. The number of thiophene rings is 1. The summed E-state index contributed by atoms with van der Waals surface area (Å²) < 4.78 is 0. The average molecular weight is 356 g/mol. The molecule has 0 unspecified atom stereocenters. The Bertz CT molecular complexity index is 1160. The SMILES string of the molecule is Nc1c(C(=O)c2ccccc2)sc2nc3c(cc12)CCc1ccccc1-3. The first-order chi connectivity index (χ1) is 12.7. The number of fused-ring (bicyclic) bond motifs is 4. The molecule has 4 aromatic rings. The second kappa shape index (κ2) is 5.78. The molecule has 4 heteroatoms. The van der Waals surface area contributed by atoms with Crippen LogP contribution in [0.4, 0.5) is 5.69 Å². The molecule has 5 rings (SSSR count). The Labute approximate surface area is 155 Å². The lowest BCUT2D eigenvalue weighted by atomic mass is 9.89. The second-order valence-electron chi connectivity index (χ2n) is 6.55. The molecule has 126 valence electrons. The van der Waals surface area contributed by atoms with Crippen LogP contribution in [0.1, 0.15) is 26.4 Å². The molecular weight excluding hydrogens is 340 g/mol. The van der Waals surface area contributed by atoms with Gasteiger partial charge in [-0.15, -0.1) is 11.3 Å². The van der Waals surface area contributed by atoms with Crippen molar-refractivity contribution in [2.24, 2.45) is 0 Å². The summed E-state index contributed by atoms with van der Waals surface area (Å²) in [5, 5.41) is 0.896. The van der Waals surface area contributed by atoms with E-state index in [0.717, 1.165) is 28.8 Å². The van der Waals surface area contributed by atoms with Gasteiger partial charge in [0.05, 0.1) is 11.4 Å². The summed E-state index contributed by atoms with van der Waals surface area (Å²) >= 11 is 1.39. The number of carbonyl (C=O) groups excluding carboxylic acids is 1. The molecule has 0 fully saturated rings. The number of nitrogen functional groups attached to an aromatic ring is 1. The average Bonchev–Trinajstić information content (AvgIpc) is 3.02. The number of nitrogens with zero attached hydrogens (tertiary/aromatic N) is 1. The number of hydrogen-bond acceptors (Lipinski definition) is 4. The number of nitrogens with two attached hydrogens (primary N) is 1. The zero-order chi connectivity index (χ0) is 17.7. The van der Waals surface area contributed by atoms with Crippen molar-refractivity contribution in [3.63, 3.8) is 0 Å². The Hall–Kier alpha value is -2.98. The molecule has 0 saturated carbocycles. The van der Waals surface area contributed by atoms with Gasteiger partial charge in [-0.1, -0.05) is 54.6 Å². The van der Waals surface area contributed by atoms with Crippen molar-refractivity contribution < 1.29 is 4.79 Å². The number of anilines is 1. The molecule has 0 amide bonds. The number of pyridine rings is 1. The predicted molar refractivity (Wildman–Crippen MR) is 107 cm³/mol. The van der Waals surface area contributed by atoms with Gasteiger partial charge in [0.2, 0.25) is 5.78 Å². The summed E-state index contributed by atoms with van der Waals surface area (Å²) in [7, 11) is 0. The maximum Gasteiger partial charge on any atom is 0.205 e. The van der Waals surface area contributed by atoms with Gasteiger partial charge in [-0.05, 0) is 30.0 Å². The van der Waals surface area contributed by atoms with Gasteiger partial charge in [0.1, 0.15) is 9.71 Å². The molecule has 3 nitrogen and oxygen atoms in total. The molecule has 26 heavy (non-hydrogen) atoms. The third kappa shape index (κ3) is 2.26. The molecule has 0 atom stereocenters. The smallest absolute Gasteiger partial charge is 0.205 e. The van der Waals surface area contributed by atoms with E-state index in [1.807, 2.05) is 36.4 Å². The van der Waals surface area contributed by atoms with Gasteiger partial charge in [0, 0.05) is 16.5 Å². The van der Waals surface area contributed by atoms with Crippen molar-refractivity contribution in [1.82, 2.24) is 4.98 Å². The van der Waals surface area contributed by atoms with Gasteiger partial charge in [-0.2, -0.15) is 0 Å². The highest BCUT2D eigenvalue weighted by Crippen LogP contribution is 2.39. The van der Waals surface area contributed by atoms with Crippen LogP contribution in [0.15, 0.2) is 60.7 Å². The molecule has 0 saturated heterocycles. The zero-order valence-electron chi connectivity index (χ0n) is 14.0. The minimum absolute atomic E-state index is 0.0375. The number of aryl methyl sites for hydroxylation is 2. The molecule has 0 spiro atoms. The Morgan fingerprint density at radius 2 is 1.69 bits per heavy atom. The molecule has 0 aliphatic heterocycles. The van der Waals surface area contributed by atoms with Crippen molar-refractivity contribution in [3.05, 3.63) is 82.2 Å². The standard InChI is InChI=1S/C22H16N2OS/c23-18-17-12-15-11-10-13-6-4-5-9-16(13)19(15)24-22(17)26-21(18)20(25)14-7-2-1-3-8-14/h1-9,12H,10-11,23H2. The van der Waals surface area contributed by atoms with Gasteiger partial charge in [0.15, 0.2) is 0 Å². The summed E-state index contributed by atoms with van der Waals surface area (Å²) in [4.78, 5) is 19.2. The Morgan fingerprint density at radius 3 is 2.54 bits per heavy atom. The van der Waals surface area contributed by atoms with E-state index in [1.54, 1.807) is 0 Å². The third-order valence-electron chi connectivity index (χ3n) is 4.98. The van der Waals surface area contributed by atoms with Gasteiger partial charge in [-0.25, -0.2) is 4.98 Å². The van der Waals surface area contributed by atoms with Crippen LogP contribution >= 0.6 is 11.3 Å². The first kappa shape index (κ1) is 15.3. The molecule has 2 aromatic heterocycles. The number of ketones is 1. The van der Waals surface area contributed by atoms with Crippen molar-refractivity contribution in [3.8, 4) is 11.3 Å². The van der Waals surface area contributed by atoms with Crippen molar-refractivity contribution in [1.29, 1.82) is 0 Å². The first-order valence-electron chi connectivity index (χ1n) is 8.62. The van der Waals surface area contributed by atoms with Crippen LogP contribution in [0.25, 0.3) is 21.5 Å². The summed E-state index contributed by atoms with van der Waals surface area (Å²) in [6.07, 6.45) is 1.96. The molecule has 2 aromatic carbocycles. The van der Waals surface area contributed by atoms with Crippen molar-refractivity contribution in [2.45, 2.75) is 12.8 Å². The van der Waals surface area contributed by atoms with Crippen LogP contribution in [0, 0.1) is 0 Å². The lowest BCUT2D eigenvalue weighted by Crippen LogP contribution is -2.05. The Kier molecular flexibility index (Phi) is 3.40. The van der Waals surface area contributed by atoms with Crippen LogP contribution in [0.2, 0.25) is 0 Å². The van der Waals surface area contributed by atoms with E-state index >= 15 is 0 Å². The molecule has 2 N–H and O–H groups in total. The predicted octanol–water partition coefficient (Wildman–Crippen LogP) is 4.88. The Morgan fingerprint density at radius 1 is 0.962 bits per heavy atom. The summed E-state index contributed by atoms with van der Waals surface area (Å²) in [5.74, 6) is -0.0375. The number of rotatable bonds is 2. The normalized spacial score (nSPS) is 12.6. The first-order valence-corrected chi connectivity index (χ1v) is 9.44. The fraction of sp³-hybridized carbons (Fsp3) is 0.0909. The van der Waals surface area contributed by atoms with Crippen molar-refractivity contribution in [2.75, 3.05) is 5.73 Å². The monoisotopic (exact) mass is 356 g/mol. The molecule has 1 aliphatic carbocycles. The highest BCUT2D eigenvalue weighted by atomic mass is 32.1. The van der Waals surface area contributed by atoms with Crippen LogP contribution in [-0.4, -0.2) is 10.8 Å². The number of carbonyl (C=O) groups is 1. The van der Waals surface area contributed by atoms with Crippen LogP contribution in [0.3, 0.4) is 0 Å². The highest BCUT2D eigenvalue weighted by Gasteiger charge is 2.23. The summed E-state index contributed by atoms with van der Waals surface area (Å²) in [5.41, 5.74) is 12.3. The number of benzene rings is 2. The van der Waals surface area contributed by atoms with E-state index in [9.17, 15) is 4.79 Å². The summed E-state index contributed by atoms with van der Waals surface area (Å²) in [6.45, 7) is 0. The molecule has 1 aliphatic rings. The minimum Gasteiger partial charge on any atom is -0.397 e. The maximum absolute atomic E-state index is 12.9. The van der Waals surface area contributed by atoms with E-state index in [-0.39, 0.29) is 5.78 Å². The fourth-order valence-electron chi connectivity index (χ4n) is 3.63. The summed E-state index contributed by atoms with van der Waals surface area (Å²) in [6, 6.07) is 19.8. The molecular formula is C22H16N2OS. The van der Waals surface area contributed by atoms with E-state index in [4.69, 9.17) is 10.7 Å². The fourth-order valence-corrected chi connectivity index (χ4v) is 4.67. The topological polar surface area (TPSA) is 56.0 Å². The van der Waals surface area contributed by atoms with E-state index < -0.39 is 0 Å². The Balaban J connectivity index is 1.69. The van der Waals surface area contributed by atoms with Gasteiger partial charge >= 0.3 is 0 Å². The minimum atomic E-state index is -0.0375. The largest absolute Gasteiger partial charge is 0.397 e. The highest BCUT2D eigenvalue weighted by molar-refractivity contribution is 7.21. The lowest BCUT2D eigenvalue weighted by molar-refractivity contribution is 0.104. The quantitative estimate of drug-likeness (QED) is 0.521. The molecule has 0 radical (unpaired) electrons. The van der Waals surface area contributed by atoms with E-state index in [0.29, 0.717) is 16.1 Å². The van der Waals surface area contributed by atoms with Gasteiger partial charge in [-0.3, -0.25) is 4.79 Å². The van der Waals surface area contributed by atoms with Gasteiger partial charge in [0.25, 0.3) is 0 Å². The molecule has 0 bridgehead atoms. The number of hydrogen-bond donors (Lipinski definition) is 1. The van der Waals surface area contributed by atoms with E-state index in [1.165, 1.54) is 28.0 Å². The van der Waals surface area contributed by atoms with Crippen LogP contribution < -0.4 is 5.73 Å². The maximum atomic E-state index is 12.9. The third-order valence-corrected chi connectivity index (χ3v) is 6.09. The lowest BCUT2D eigenvalue weighted by Gasteiger charge is -2.18. The van der Waals surface area contributed by atoms with Crippen LogP contribution in [-0.2, 0) is 12.8 Å². The van der Waals surface area contributed by atoms with Crippen molar-refractivity contribution >= 4 is 33.0 Å².